The molecule has 3 aromatic heterocycles. The van der Waals surface area contributed by atoms with Crippen LogP contribution in [0.15, 0.2) is 53.4 Å². The van der Waals surface area contributed by atoms with Gasteiger partial charge in [0.2, 0.25) is 5.88 Å². The lowest BCUT2D eigenvalue weighted by Crippen LogP contribution is -2.38. The van der Waals surface area contributed by atoms with Crippen LogP contribution in [-0.2, 0) is 20.9 Å². The van der Waals surface area contributed by atoms with E-state index in [0.29, 0.717) is 54.7 Å². The van der Waals surface area contributed by atoms with E-state index < -0.39 is 31.9 Å². The minimum atomic E-state index is -1.31. The lowest BCUT2D eigenvalue weighted by Gasteiger charge is -2.24. The van der Waals surface area contributed by atoms with E-state index >= 15 is 0 Å². The summed E-state index contributed by atoms with van der Waals surface area (Å²) in [5.41, 5.74) is 1.92. The van der Waals surface area contributed by atoms with E-state index in [2.05, 4.69) is 30.1 Å². The highest BCUT2D eigenvalue weighted by molar-refractivity contribution is 6.76. The number of carbonyl (C=O) groups is 1. The number of aliphatic hydroxyl groups excluding tert-OH is 1. The molecule has 12 nitrogen and oxygen atoms in total. The summed E-state index contributed by atoms with van der Waals surface area (Å²) in [6, 6.07) is 11.8. The third-order valence-electron chi connectivity index (χ3n) is 7.05. The Morgan fingerprint density at radius 3 is 2.59 bits per heavy atom. The molecule has 2 atom stereocenters. The monoisotopic (exact) mass is 653 g/mol. The molecular formula is C33H47N5O7Si. The number of aromatic nitrogens is 4. The Morgan fingerprint density at radius 1 is 1.11 bits per heavy atom. The van der Waals surface area contributed by atoms with Gasteiger partial charge in [0.05, 0.1) is 36.6 Å². The summed E-state index contributed by atoms with van der Waals surface area (Å²) in [6.07, 6.45) is 2.97. The van der Waals surface area contributed by atoms with Gasteiger partial charge in [-0.05, 0) is 51.8 Å². The molecule has 13 heteroatoms. The average Bonchev–Trinajstić information content (AvgIpc) is 3.67. The number of methoxy groups -OCH3 is 1. The van der Waals surface area contributed by atoms with Crippen molar-refractivity contribution in [1.82, 2.24) is 25.0 Å². The van der Waals surface area contributed by atoms with Crippen molar-refractivity contribution in [1.29, 1.82) is 0 Å². The maximum absolute atomic E-state index is 13.0. The number of nitrogens with one attached hydrogen (secondary N) is 1. The Morgan fingerprint density at radius 2 is 1.89 bits per heavy atom. The van der Waals surface area contributed by atoms with Gasteiger partial charge in [-0.15, -0.1) is 0 Å². The fourth-order valence-electron chi connectivity index (χ4n) is 4.67. The number of imidazole rings is 1. The van der Waals surface area contributed by atoms with E-state index in [1.807, 2.05) is 61.9 Å². The Balaban J connectivity index is 1.61. The van der Waals surface area contributed by atoms with Crippen molar-refractivity contribution in [2.24, 2.45) is 0 Å². The van der Waals surface area contributed by atoms with Gasteiger partial charge in [-0.25, -0.2) is 14.8 Å². The molecule has 0 aliphatic rings. The van der Waals surface area contributed by atoms with E-state index in [0.717, 1.165) is 16.9 Å². The van der Waals surface area contributed by atoms with Crippen LogP contribution in [0, 0.1) is 0 Å². The molecule has 46 heavy (non-hydrogen) atoms. The van der Waals surface area contributed by atoms with Crippen LogP contribution in [0.25, 0.3) is 22.2 Å². The Hall–Kier alpha value is -3.78. The van der Waals surface area contributed by atoms with Gasteiger partial charge >= 0.3 is 6.09 Å². The first kappa shape index (κ1) is 35.1. The molecule has 1 aromatic carbocycles. The first-order chi connectivity index (χ1) is 21.8. The molecule has 4 aromatic rings. The predicted molar refractivity (Wildman–Crippen MR) is 177 cm³/mol. The minimum Gasteiger partial charge on any atom is -0.480 e. The molecule has 0 saturated heterocycles. The van der Waals surface area contributed by atoms with Crippen molar-refractivity contribution in [3.05, 3.63) is 60.4 Å². The van der Waals surface area contributed by atoms with Gasteiger partial charge in [-0.1, -0.05) is 43.0 Å². The van der Waals surface area contributed by atoms with E-state index in [9.17, 15) is 9.90 Å². The molecule has 0 spiro atoms. The number of fused-ring (bicyclic) bond motifs is 1. The van der Waals surface area contributed by atoms with Gasteiger partial charge in [-0.2, -0.15) is 0 Å². The van der Waals surface area contributed by atoms with Crippen molar-refractivity contribution in [3.63, 3.8) is 0 Å². The van der Waals surface area contributed by atoms with Crippen LogP contribution in [0.5, 0.6) is 5.88 Å². The van der Waals surface area contributed by atoms with Crippen molar-refractivity contribution in [2.75, 3.05) is 26.9 Å². The number of hydrogen-bond acceptors (Lipinski definition) is 10. The number of pyridine rings is 1. The van der Waals surface area contributed by atoms with Gasteiger partial charge in [0.25, 0.3) is 0 Å². The minimum absolute atomic E-state index is 0.109. The quantitative estimate of drug-likeness (QED) is 0.102. The summed E-state index contributed by atoms with van der Waals surface area (Å²) in [4.78, 5) is 22.7. The van der Waals surface area contributed by atoms with Crippen molar-refractivity contribution >= 4 is 25.1 Å². The van der Waals surface area contributed by atoms with Crippen LogP contribution in [0.1, 0.15) is 57.3 Å². The summed E-state index contributed by atoms with van der Waals surface area (Å²) < 4.78 is 30.2. The first-order valence-corrected chi connectivity index (χ1v) is 19.3. The second kappa shape index (κ2) is 15.7. The number of benzene rings is 1. The highest BCUT2D eigenvalue weighted by Crippen LogP contribution is 2.32. The van der Waals surface area contributed by atoms with Crippen molar-refractivity contribution in [3.8, 4) is 17.1 Å². The topological polar surface area (TPSA) is 143 Å². The summed E-state index contributed by atoms with van der Waals surface area (Å²) >= 11 is 0. The molecule has 0 radical (unpaired) electrons. The van der Waals surface area contributed by atoms with Crippen LogP contribution in [0.3, 0.4) is 0 Å². The fourth-order valence-corrected chi connectivity index (χ4v) is 5.43. The predicted octanol–water partition coefficient (Wildman–Crippen LogP) is 6.50. The molecule has 1 unspecified atom stereocenters. The van der Waals surface area contributed by atoms with E-state index in [1.54, 1.807) is 13.2 Å². The molecule has 250 valence electrons. The van der Waals surface area contributed by atoms with E-state index in [1.165, 1.54) is 6.26 Å². The molecule has 0 fully saturated rings. The number of para-hydroxylation sites is 1. The third-order valence-corrected chi connectivity index (χ3v) is 8.75. The molecule has 3 heterocycles. The molecular weight excluding hydrogens is 606 g/mol. The van der Waals surface area contributed by atoms with Gasteiger partial charge in [0.1, 0.15) is 36.2 Å². The van der Waals surface area contributed by atoms with Crippen LogP contribution < -0.4 is 10.1 Å². The zero-order chi connectivity index (χ0) is 33.3. The summed E-state index contributed by atoms with van der Waals surface area (Å²) in [7, 11) is 0.274. The smallest absolute Gasteiger partial charge is 0.408 e. The number of aliphatic hydroxyl groups is 1. The zero-order valence-electron chi connectivity index (χ0n) is 27.9. The molecule has 2 N–H and O–H groups in total. The largest absolute Gasteiger partial charge is 0.480 e. The number of rotatable bonds is 16. The summed E-state index contributed by atoms with van der Waals surface area (Å²) in [6.45, 7) is 13.6. The number of ether oxygens (including phenoxy) is 4. The van der Waals surface area contributed by atoms with Gasteiger partial charge < -0.3 is 38.5 Å². The maximum atomic E-state index is 13.0. The Labute approximate surface area is 271 Å². The van der Waals surface area contributed by atoms with Gasteiger partial charge in [0, 0.05) is 38.9 Å². The molecule has 0 saturated carbocycles. The summed E-state index contributed by atoms with van der Waals surface area (Å²) in [5.74, 6) is 0.972. The highest BCUT2D eigenvalue weighted by atomic mass is 28.3. The number of hydrogen-bond donors (Lipinski definition) is 2. The lowest BCUT2D eigenvalue weighted by atomic mass is 10.1. The van der Waals surface area contributed by atoms with E-state index in [-0.39, 0.29) is 13.3 Å². The van der Waals surface area contributed by atoms with E-state index in [4.69, 9.17) is 33.4 Å². The molecule has 0 bridgehead atoms. The maximum Gasteiger partial charge on any atom is 0.408 e. The number of nitrogens with zero attached hydrogens (tertiary/aromatic N) is 4. The van der Waals surface area contributed by atoms with Crippen LogP contribution in [0.4, 0.5) is 4.79 Å². The molecule has 0 aliphatic heterocycles. The second-order valence-electron chi connectivity index (χ2n) is 13.4. The molecule has 1 amide bonds. The van der Waals surface area contributed by atoms with Gasteiger partial charge in [-0.3, -0.25) is 0 Å². The van der Waals surface area contributed by atoms with Crippen LogP contribution in [-0.4, -0.2) is 71.5 Å². The zero-order valence-corrected chi connectivity index (χ0v) is 28.9. The van der Waals surface area contributed by atoms with Gasteiger partial charge in [0.15, 0.2) is 0 Å². The van der Waals surface area contributed by atoms with Crippen molar-refractivity contribution in [2.45, 2.75) is 83.8 Å². The number of amides is 1. The third kappa shape index (κ3) is 10.4. The average molecular weight is 654 g/mol. The van der Waals surface area contributed by atoms with Crippen LogP contribution >= 0.6 is 0 Å². The Bertz CT molecular complexity index is 1550. The first-order valence-electron chi connectivity index (χ1n) is 15.6. The van der Waals surface area contributed by atoms with Crippen molar-refractivity contribution < 1.29 is 33.4 Å². The molecule has 0 aliphatic carbocycles. The summed E-state index contributed by atoms with van der Waals surface area (Å²) in [5, 5.41) is 18.0. The normalized spacial score (nSPS) is 13.5. The highest BCUT2D eigenvalue weighted by Gasteiger charge is 2.26. The second-order valence-corrected chi connectivity index (χ2v) is 19.0. The standard InChI is InChI=1S/C33H47N5O7Si/c1-33(2,3)45-32(40)36-28(21-42-15-10-13-29(39)26-14-16-44-37-26)30-34-27(20-38(30)22-43-17-18-46(5,6)7)24-19-23-11-8-9-12-25(23)35-31(24)41-4/h8-9,11-12,14,16,19-20,28-29,39H,10,13,15,17-18,21-22H2,1-7H3,(H,36,40)/t28-,29?/m0/s1. The lowest BCUT2D eigenvalue weighted by molar-refractivity contribution is 0.0402. The number of alkyl carbamates (subject to hydrolysis) is 1. The SMILES string of the molecule is COc1nc2ccccc2cc1-c1cn(COCC[Si](C)(C)C)c([C@H](COCCCC(O)c2ccon2)NC(=O)OC(C)(C)C)n1. The fraction of sp³-hybridized carbons (Fsp3) is 0.515. The number of carbonyl (C=O) groups excluding carboxylic acids is 1. The van der Waals surface area contributed by atoms with Crippen LogP contribution in [0.2, 0.25) is 25.7 Å². The Kier molecular flexibility index (Phi) is 12.0. The molecule has 4 rings (SSSR count).